The van der Waals surface area contributed by atoms with E-state index in [1.54, 1.807) is 0 Å². The maximum absolute atomic E-state index is 9.92. The van der Waals surface area contributed by atoms with Crippen LogP contribution >= 0.6 is 0 Å². The second-order valence-electron chi connectivity index (χ2n) is 6.97. The summed E-state index contributed by atoms with van der Waals surface area (Å²) in [6.45, 7) is 10.9. The Morgan fingerprint density at radius 1 is 1.45 bits per heavy atom. The van der Waals surface area contributed by atoms with Gasteiger partial charge in [0.1, 0.15) is 0 Å². The minimum Gasteiger partial charge on any atom is -0.394 e. The number of hydrogen-bond acceptors (Lipinski definition) is 4. The highest BCUT2D eigenvalue weighted by Crippen LogP contribution is 2.38. The van der Waals surface area contributed by atoms with Gasteiger partial charge in [0.2, 0.25) is 0 Å². The molecule has 4 heteroatoms. The fraction of sp³-hybridized carbons (Fsp3) is 1.00. The van der Waals surface area contributed by atoms with Crippen LogP contribution in [0, 0.1) is 5.92 Å². The Bertz CT molecular complexity index is 298. The number of rotatable bonds is 6. The molecule has 4 nitrogen and oxygen atoms in total. The first-order valence-corrected chi connectivity index (χ1v) is 8.28. The van der Waals surface area contributed by atoms with E-state index in [0.29, 0.717) is 18.1 Å². The first kappa shape index (κ1) is 16.2. The maximum Gasteiger partial charge on any atom is 0.0674 e. The van der Waals surface area contributed by atoms with E-state index in [1.165, 1.54) is 19.3 Å². The first-order valence-electron chi connectivity index (χ1n) is 8.28. The van der Waals surface area contributed by atoms with E-state index in [1.807, 2.05) is 0 Å². The summed E-state index contributed by atoms with van der Waals surface area (Å²) < 4.78 is 5.60. The van der Waals surface area contributed by atoms with Gasteiger partial charge in [-0.05, 0) is 38.6 Å². The summed E-state index contributed by atoms with van der Waals surface area (Å²) in [6.07, 6.45) is 5.16. The predicted octanol–water partition coefficient (Wildman–Crippen LogP) is 1.63. The van der Waals surface area contributed by atoms with Crippen LogP contribution in [0.4, 0.5) is 0 Å². The van der Waals surface area contributed by atoms with E-state index in [0.717, 1.165) is 32.7 Å². The molecule has 0 bridgehead atoms. The normalized spacial score (nSPS) is 35.9. The van der Waals surface area contributed by atoms with E-state index in [9.17, 15) is 5.11 Å². The van der Waals surface area contributed by atoms with Crippen molar-refractivity contribution < 1.29 is 9.84 Å². The largest absolute Gasteiger partial charge is 0.394 e. The number of nitrogens with one attached hydrogen (secondary N) is 1. The van der Waals surface area contributed by atoms with Crippen LogP contribution in [-0.4, -0.2) is 60.5 Å². The molecule has 1 saturated carbocycles. The smallest absolute Gasteiger partial charge is 0.0674 e. The Balaban J connectivity index is 1.86. The lowest BCUT2D eigenvalue weighted by atomic mass is 9.84. The fourth-order valence-electron chi connectivity index (χ4n) is 4.02. The van der Waals surface area contributed by atoms with Crippen LogP contribution in [0.5, 0.6) is 0 Å². The predicted molar refractivity (Wildman–Crippen MR) is 81.9 cm³/mol. The van der Waals surface area contributed by atoms with Gasteiger partial charge < -0.3 is 15.2 Å². The van der Waals surface area contributed by atoms with Gasteiger partial charge >= 0.3 is 0 Å². The van der Waals surface area contributed by atoms with Gasteiger partial charge in [-0.3, -0.25) is 4.90 Å². The van der Waals surface area contributed by atoms with Gasteiger partial charge in [-0.2, -0.15) is 0 Å². The molecule has 20 heavy (non-hydrogen) atoms. The molecule has 1 aliphatic heterocycles. The summed E-state index contributed by atoms with van der Waals surface area (Å²) in [5.74, 6) is 0.605. The molecule has 2 fully saturated rings. The Morgan fingerprint density at radius 2 is 2.25 bits per heavy atom. The number of hydrogen-bond donors (Lipinski definition) is 2. The molecule has 0 aromatic heterocycles. The van der Waals surface area contributed by atoms with Gasteiger partial charge in [0.05, 0.1) is 19.3 Å². The summed E-state index contributed by atoms with van der Waals surface area (Å²) in [4.78, 5) is 2.52. The molecule has 2 aliphatic rings. The third-order valence-electron chi connectivity index (χ3n) is 4.93. The number of nitrogens with zero attached hydrogens (tertiary/aromatic N) is 1. The van der Waals surface area contributed by atoms with Crippen molar-refractivity contribution in [1.29, 1.82) is 0 Å². The topological polar surface area (TPSA) is 44.7 Å². The quantitative estimate of drug-likeness (QED) is 0.778. The molecule has 0 amide bonds. The van der Waals surface area contributed by atoms with E-state index >= 15 is 0 Å². The van der Waals surface area contributed by atoms with Gasteiger partial charge in [-0.1, -0.05) is 20.3 Å². The molecule has 0 aromatic rings. The molecule has 1 saturated heterocycles. The zero-order valence-corrected chi connectivity index (χ0v) is 13.4. The SMILES string of the molecule is CC(C)NC1(CO)CCCC1CCN1CCOC(C)C1. The lowest BCUT2D eigenvalue weighted by molar-refractivity contribution is -0.0214. The van der Waals surface area contributed by atoms with E-state index in [-0.39, 0.29) is 12.1 Å². The zero-order valence-electron chi connectivity index (χ0n) is 13.4. The van der Waals surface area contributed by atoms with Crippen LogP contribution in [0.2, 0.25) is 0 Å². The summed E-state index contributed by atoms with van der Waals surface area (Å²) in [7, 11) is 0. The second kappa shape index (κ2) is 7.21. The standard InChI is InChI=1S/C16H32N2O2/c1-13(2)17-16(12-19)7-4-5-15(16)6-8-18-9-10-20-14(3)11-18/h13-15,17,19H,4-12H2,1-3H3. The van der Waals surface area contributed by atoms with E-state index in [2.05, 4.69) is 31.0 Å². The minimum absolute atomic E-state index is 0.0356. The third-order valence-corrected chi connectivity index (χ3v) is 4.93. The summed E-state index contributed by atoms with van der Waals surface area (Å²) >= 11 is 0. The van der Waals surface area contributed by atoms with Crippen LogP contribution in [-0.2, 0) is 4.74 Å². The summed E-state index contributed by atoms with van der Waals surface area (Å²) in [6, 6.07) is 0.436. The van der Waals surface area contributed by atoms with Gasteiger partial charge in [0, 0.05) is 24.7 Å². The van der Waals surface area contributed by atoms with Crippen LogP contribution in [0.1, 0.15) is 46.5 Å². The second-order valence-corrected chi connectivity index (χ2v) is 6.97. The molecule has 118 valence electrons. The Kier molecular flexibility index (Phi) is 5.84. The zero-order chi connectivity index (χ0) is 14.6. The third kappa shape index (κ3) is 3.94. The van der Waals surface area contributed by atoms with Crippen molar-refractivity contribution >= 4 is 0 Å². The first-order chi connectivity index (χ1) is 9.55. The number of morpholine rings is 1. The maximum atomic E-state index is 9.92. The van der Waals surface area contributed by atoms with Crippen molar-refractivity contribution in [2.45, 2.75) is 64.1 Å². The van der Waals surface area contributed by atoms with Crippen molar-refractivity contribution in [3.8, 4) is 0 Å². The summed E-state index contributed by atoms with van der Waals surface area (Å²) in [5, 5.41) is 13.6. The minimum atomic E-state index is -0.0356. The molecule has 0 aromatic carbocycles. The Hall–Kier alpha value is -0.160. The molecule has 2 rings (SSSR count). The Labute approximate surface area is 123 Å². The van der Waals surface area contributed by atoms with Crippen molar-refractivity contribution in [2.75, 3.05) is 32.8 Å². The molecule has 3 atom stereocenters. The van der Waals surface area contributed by atoms with Crippen molar-refractivity contribution in [3.05, 3.63) is 0 Å². The average Bonchev–Trinajstić information content (AvgIpc) is 2.79. The number of aliphatic hydroxyl groups excluding tert-OH is 1. The Morgan fingerprint density at radius 3 is 2.90 bits per heavy atom. The summed E-state index contributed by atoms with van der Waals surface area (Å²) in [5.41, 5.74) is -0.0356. The lowest BCUT2D eigenvalue weighted by Gasteiger charge is -2.38. The lowest BCUT2D eigenvalue weighted by Crippen LogP contribution is -2.54. The molecule has 1 heterocycles. The average molecular weight is 284 g/mol. The van der Waals surface area contributed by atoms with Crippen molar-refractivity contribution in [2.24, 2.45) is 5.92 Å². The molecule has 3 unspecified atom stereocenters. The highest BCUT2D eigenvalue weighted by atomic mass is 16.5. The van der Waals surface area contributed by atoms with Crippen LogP contribution in [0.15, 0.2) is 0 Å². The number of aliphatic hydroxyl groups is 1. The van der Waals surface area contributed by atoms with Crippen LogP contribution in [0.25, 0.3) is 0 Å². The fourth-order valence-corrected chi connectivity index (χ4v) is 4.02. The van der Waals surface area contributed by atoms with E-state index < -0.39 is 0 Å². The van der Waals surface area contributed by atoms with Crippen LogP contribution < -0.4 is 5.32 Å². The van der Waals surface area contributed by atoms with Crippen LogP contribution in [0.3, 0.4) is 0 Å². The molecular weight excluding hydrogens is 252 g/mol. The molecule has 0 spiro atoms. The molecule has 2 N–H and O–H groups in total. The molecule has 1 aliphatic carbocycles. The molecule has 0 radical (unpaired) electrons. The van der Waals surface area contributed by atoms with Gasteiger partial charge in [-0.25, -0.2) is 0 Å². The monoisotopic (exact) mass is 284 g/mol. The van der Waals surface area contributed by atoms with Crippen molar-refractivity contribution in [1.82, 2.24) is 10.2 Å². The van der Waals surface area contributed by atoms with Gasteiger partial charge in [0.15, 0.2) is 0 Å². The van der Waals surface area contributed by atoms with E-state index in [4.69, 9.17) is 4.74 Å². The van der Waals surface area contributed by atoms with Crippen molar-refractivity contribution in [3.63, 3.8) is 0 Å². The highest BCUT2D eigenvalue weighted by molar-refractivity contribution is 5.00. The van der Waals surface area contributed by atoms with Gasteiger partial charge in [0.25, 0.3) is 0 Å². The molecular formula is C16H32N2O2. The van der Waals surface area contributed by atoms with Gasteiger partial charge in [-0.15, -0.1) is 0 Å². The number of ether oxygens (including phenoxy) is 1. The highest BCUT2D eigenvalue weighted by Gasteiger charge is 2.42.